The third kappa shape index (κ3) is 3.29. The lowest BCUT2D eigenvalue weighted by Crippen LogP contribution is -2.04. The second-order valence-electron chi connectivity index (χ2n) is 5.83. The predicted molar refractivity (Wildman–Crippen MR) is 92.9 cm³/mol. The minimum absolute atomic E-state index is 0.0254. The standard InChI is InChI=1S/C18H16F3NO3S/c1-9-11(6-17(23)24)12-5-15(25-2)13(19)7-14(12)22(9)8-10-3-4-16(26-10)18(20)21/h3-5,7,18H,6,8H2,1-2H3,(H,23,24). The molecule has 4 nitrogen and oxygen atoms in total. The number of thiophene rings is 1. The van der Waals surface area contributed by atoms with Gasteiger partial charge in [0.1, 0.15) is 0 Å². The molecule has 0 radical (unpaired) electrons. The highest BCUT2D eigenvalue weighted by Crippen LogP contribution is 2.34. The van der Waals surface area contributed by atoms with E-state index in [0.29, 0.717) is 27.0 Å². The Morgan fingerprint density at radius 1 is 1.35 bits per heavy atom. The van der Waals surface area contributed by atoms with Crippen molar-refractivity contribution in [3.8, 4) is 5.75 Å². The van der Waals surface area contributed by atoms with Gasteiger partial charge >= 0.3 is 5.97 Å². The molecule has 0 aliphatic heterocycles. The van der Waals surface area contributed by atoms with Gasteiger partial charge in [0.15, 0.2) is 11.6 Å². The quantitative estimate of drug-likeness (QED) is 0.667. The van der Waals surface area contributed by atoms with Crippen LogP contribution in [0, 0.1) is 12.7 Å². The number of halogens is 3. The number of alkyl halides is 2. The van der Waals surface area contributed by atoms with Crippen LogP contribution in [0.5, 0.6) is 5.75 Å². The predicted octanol–water partition coefficient (Wildman–Crippen LogP) is 4.77. The lowest BCUT2D eigenvalue weighted by Gasteiger charge is -2.08. The van der Waals surface area contributed by atoms with Crippen LogP contribution in [0.3, 0.4) is 0 Å². The fourth-order valence-electron chi connectivity index (χ4n) is 3.03. The molecule has 0 saturated heterocycles. The Morgan fingerprint density at radius 3 is 2.65 bits per heavy atom. The molecule has 0 spiro atoms. The third-order valence-corrected chi connectivity index (χ3v) is 5.34. The van der Waals surface area contributed by atoms with Crippen molar-refractivity contribution < 1.29 is 27.8 Å². The Labute approximate surface area is 151 Å². The SMILES string of the molecule is COc1cc2c(CC(=O)O)c(C)n(Cc3ccc(C(F)F)s3)c2cc1F. The summed E-state index contributed by atoms with van der Waals surface area (Å²) in [6, 6.07) is 5.74. The number of ether oxygens (including phenoxy) is 1. The molecule has 0 unspecified atom stereocenters. The van der Waals surface area contributed by atoms with E-state index in [9.17, 15) is 23.1 Å². The summed E-state index contributed by atoms with van der Waals surface area (Å²) in [6.07, 6.45) is -2.77. The molecule has 3 aromatic rings. The summed E-state index contributed by atoms with van der Waals surface area (Å²) in [4.78, 5) is 11.9. The first-order chi connectivity index (χ1) is 12.3. The highest BCUT2D eigenvalue weighted by Gasteiger charge is 2.20. The summed E-state index contributed by atoms with van der Waals surface area (Å²) in [6.45, 7) is 2.00. The van der Waals surface area contributed by atoms with E-state index in [2.05, 4.69) is 0 Å². The number of benzene rings is 1. The van der Waals surface area contributed by atoms with Crippen LogP contribution in [0.4, 0.5) is 13.2 Å². The van der Waals surface area contributed by atoms with Gasteiger partial charge in [0.05, 0.1) is 30.5 Å². The highest BCUT2D eigenvalue weighted by molar-refractivity contribution is 7.12. The normalized spacial score (nSPS) is 11.5. The second kappa shape index (κ2) is 7.03. The first kappa shape index (κ1) is 18.3. The van der Waals surface area contributed by atoms with Gasteiger partial charge in [-0.3, -0.25) is 4.79 Å². The number of carboxylic acid groups (broad SMARTS) is 1. The van der Waals surface area contributed by atoms with Crippen LogP contribution in [-0.2, 0) is 17.8 Å². The zero-order valence-corrected chi connectivity index (χ0v) is 14.9. The molecule has 3 rings (SSSR count). The molecule has 138 valence electrons. The van der Waals surface area contributed by atoms with Crippen molar-refractivity contribution in [1.29, 1.82) is 0 Å². The Kier molecular flexibility index (Phi) is 4.95. The fourth-order valence-corrected chi connectivity index (χ4v) is 3.89. The minimum atomic E-state index is -2.54. The van der Waals surface area contributed by atoms with Crippen molar-refractivity contribution in [2.45, 2.75) is 26.3 Å². The van der Waals surface area contributed by atoms with E-state index >= 15 is 0 Å². The van der Waals surface area contributed by atoms with Gasteiger partial charge in [0, 0.05) is 22.0 Å². The molecule has 0 bridgehead atoms. The molecule has 0 aliphatic carbocycles. The molecule has 8 heteroatoms. The smallest absolute Gasteiger partial charge is 0.307 e. The maximum Gasteiger partial charge on any atom is 0.307 e. The summed E-state index contributed by atoms with van der Waals surface area (Å²) in [5.74, 6) is -1.55. The van der Waals surface area contributed by atoms with Crippen LogP contribution in [0.25, 0.3) is 10.9 Å². The van der Waals surface area contributed by atoms with Gasteiger partial charge in [0.2, 0.25) is 0 Å². The zero-order valence-electron chi connectivity index (χ0n) is 14.1. The van der Waals surface area contributed by atoms with E-state index in [1.807, 2.05) is 0 Å². The Morgan fingerprint density at radius 2 is 2.08 bits per heavy atom. The molecule has 0 fully saturated rings. The van der Waals surface area contributed by atoms with E-state index in [1.165, 1.54) is 25.3 Å². The van der Waals surface area contributed by atoms with Crippen molar-refractivity contribution >= 4 is 28.2 Å². The average Bonchev–Trinajstić information content (AvgIpc) is 3.13. The number of carbonyl (C=O) groups is 1. The van der Waals surface area contributed by atoms with Crippen molar-refractivity contribution in [3.05, 3.63) is 51.1 Å². The van der Waals surface area contributed by atoms with Crippen molar-refractivity contribution in [1.82, 2.24) is 4.57 Å². The highest BCUT2D eigenvalue weighted by atomic mass is 32.1. The molecular formula is C18H16F3NO3S. The number of rotatable bonds is 6. The average molecular weight is 383 g/mol. The summed E-state index contributed by atoms with van der Waals surface area (Å²) < 4.78 is 46.6. The number of methoxy groups -OCH3 is 1. The summed E-state index contributed by atoms with van der Waals surface area (Å²) in [5, 5.41) is 9.78. The van der Waals surface area contributed by atoms with Crippen LogP contribution in [0.1, 0.15) is 27.4 Å². The number of hydrogen-bond donors (Lipinski definition) is 1. The maximum atomic E-state index is 14.2. The largest absolute Gasteiger partial charge is 0.494 e. The van der Waals surface area contributed by atoms with Gasteiger partial charge in [0.25, 0.3) is 6.43 Å². The van der Waals surface area contributed by atoms with Crippen LogP contribution < -0.4 is 4.74 Å². The minimum Gasteiger partial charge on any atom is -0.494 e. The lowest BCUT2D eigenvalue weighted by molar-refractivity contribution is -0.136. The Hall–Kier alpha value is -2.48. The van der Waals surface area contributed by atoms with Crippen LogP contribution in [-0.4, -0.2) is 22.8 Å². The lowest BCUT2D eigenvalue weighted by atomic mass is 10.1. The maximum absolute atomic E-state index is 14.2. The van der Waals surface area contributed by atoms with E-state index in [1.54, 1.807) is 17.6 Å². The van der Waals surface area contributed by atoms with E-state index in [-0.39, 0.29) is 23.6 Å². The molecule has 0 aliphatic rings. The van der Waals surface area contributed by atoms with E-state index in [0.717, 1.165) is 11.3 Å². The summed E-state index contributed by atoms with van der Waals surface area (Å²) in [5.41, 5.74) is 1.71. The molecule has 2 heterocycles. The van der Waals surface area contributed by atoms with E-state index in [4.69, 9.17) is 4.74 Å². The molecule has 1 aromatic carbocycles. The van der Waals surface area contributed by atoms with Gasteiger partial charge in [-0.2, -0.15) is 0 Å². The van der Waals surface area contributed by atoms with Gasteiger partial charge in [-0.1, -0.05) is 0 Å². The first-order valence-corrected chi connectivity index (χ1v) is 8.57. The number of fused-ring (bicyclic) bond motifs is 1. The van der Waals surface area contributed by atoms with Gasteiger partial charge < -0.3 is 14.4 Å². The first-order valence-electron chi connectivity index (χ1n) is 7.75. The molecule has 0 amide bonds. The number of hydrogen-bond acceptors (Lipinski definition) is 3. The summed E-state index contributed by atoms with van der Waals surface area (Å²) in [7, 11) is 1.34. The van der Waals surface area contributed by atoms with Crippen molar-refractivity contribution in [2.24, 2.45) is 0 Å². The second-order valence-corrected chi connectivity index (χ2v) is 7.03. The Balaban J connectivity index is 2.15. The van der Waals surface area contributed by atoms with Gasteiger partial charge in [-0.15, -0.1) is 11.3 Å². The molecular weight excluding hydrogens is 367 g/mol. The van der Waals surface area contributed by atoms with Crippen molar-refractivity contribution in [2.75, 3.05) is 7.11 Å². The number of carboxylic acids is 1. The Bertz CT molecular complexity index is 978. The van der Waals surface area contributed by atoms with Gasteiger partial charge in [-0.05, 0) is 30.7 Å². The van der Waals surface area contributed by atoms with Crippen LogP contribution in [0.15, 0.2) is 24.3 Å². The monoisotopic (exact) mass is 383 g/mol. The zero-order chi connectivity index (χ0) is 19.0. The molecule has 0 saturated carbocycles. The number of aromatic nitrogens is 1. The molecule has 2 aromatic heterocycles. The number of nitrogens with zero attached hydrogens (tertiary/aromatic N) is 1. The fraction of sp³-hybridized carbons (Fsp3) is 0.278. The number of aliphatic carboxylic acids is 1. The summed E-state index contributed by atoms with van der Waals surface area (Å²) >= 11 is 0.982. The molecule has 26 heavy (non-hydrogen) atoms. The molecule has 1 N–H and O–H groups in total. The van der Waals surface area contributed by atoms with Crippen LogP contribution >= 0.6 is 11.3 Å². The van der Waals surface area contributed by atoms with Gasteiger partial charge in [-0.25, -0.2) is 13.2 Å². The van der Waals surface area contributed by atoms with Crippen molar-refractivity contribution in [3.63, 3.8) is 0 Å². The molecule has 0 atom stereocenters. The van der Waals surface area contributed by atoms with E-state index < -0.39 is 18.2 Å². The third-order valence-electron chi connectivity index (χ3n) is 4.27. The van der Waals surface area contributed by atoms with Crippen LogP contribution in [0.2, 0.25) is 0 Å². The topological polar surface area (TPSA) is 51.5 Å².